The fourth-order valence-electron chi connectivity index (χ4n) is 0.978. The second kappa shape index (κ2) is 5.08. The van der Waals surface area contributed by atoms with Gasteiger partial charge in [0.1, 0.15) is 0 Å². The van der Waals surface area contributed by atoms with Gasteiger partial charge in [0, 0.05) is 5.69 Å². The molecule has 0 spiro atoms. The molecule has 0 bridgehead atoms. The van der Waals surface area contributed by atoms with E-state index in [1.807, 2.05) is 6.07 Å². The van der Waals surface area contributed by atoms with E-state index in [2.05, 4.69) is 10.3 Å². The Morgan fingerprint density at radius 2 is 2.33 bits per heavy atom. The third-order valence-electron chi connectivity index (χ3n) is 1.52. The maximum atomic E-state index is 8.68. The fourth-order valence-corrected chi connectivity index (χ4v) is 1.24. The van der Waals surface area contributed by atoms with Crippen LogP contribution in [0.25, 0.3) is 0 Å². The molecule has 0 amide bonds. The number of anilines is 1. The van der Waals surface area contributed by atoms with Gasteiger partial charge in [-0.15, -0.1) is 0 Å². The van der Waals surface area contributed by atoms with Crippen LogP contribution in [0.2, 0.25) is 0 Å². The van der Waals surface area contributed by atoms with E-state index in [1.54, 1.807) is 31.2 Å². The van der Waals surface area contributed by atoms with Crippen LogP contribution in [0.3, 0.4) is 0 Å². The Hall–Kier alpha value is -1.93. The second-order valence-corrected chi connectivity index (χ2v) is 3.26. The van der Waals surface area contributed by atoms with Gasteiger partial charge in [-0.25, -0.2) is 4.99 Å². The molecule has 0 aliphatic carbocycles. The number of thiocarbonyl (C=S) groups is 1. The minimum absolute atomic E-state index is 0.282. The molecule has 5 heteroatoms. The second-order valence-electron chi connectivity index (χ2n) is 2.88. The van der Waals surface area contributed by atoms with Crippen LogP contribution in [0.1, 0.15) is 12.5 Å². The number of hydrogen-bond acceptors (Lipinski definition) is 2. The van der Waals surface area contributed by atoms with Gasteiger partial charge < -0.3 is 11.1 Å². The SMILES string of the molecule is CC(N)=NC(=S)Nc1cccc(C#N)c1. The Balaban J connectivity index is 2.78. The van der Waals surface area contributed by atoms with Crippen molar-refractivity contribution < 1.29 is 0 Å². The number of nitrogens with one attached hydrogen (secondary N) is 1. The zero-order valence-electron chi connectivity index (χ0n) is 8.19. The van der Waals surface area contributed by atoms with Gasteiger partial charge in [0.15, 0.2) is 5.11 Å². The first kappa shape index (κ1) is 11.1. The molecular formula is C10H10N4S. The van der Waals surface area contributed by atoms with Gasteiger partial charge >= 0.3 is 0 Å². The minimum atomic E-state index is 0.282. The molecule has 1 aromatic carbocycles. The van der Waals surface area contributed by atoms with Crippen molar-refractivity contribution in [1.82, 2.24) is 0 Å². The molecule has 0 heterocycles. The molecule has 0 aliphatic rings. The van der Waals surface area contributed by atoms with Crippen LogP contribution in [-0.2, 0) is 0 Å². The molecule has 0 saturated heterocycles. The fraction of sp³-hybridized carbons (Fsp3) is 0.100. The molecule has 1 aromatic rings. The van der Waals surface area contributed by atoms with E-state index in [1.165, 1.54) is 0 Å². The van der Waals surface area contributed by atoms with E-state index in [-0.39, 0.29) is 5.11 Å². The lowest BCUT2D eigenvalue weighted by Crippen LogP contribution is -2.13. The summed E-state index contributed by atoms with van der Waals surface area (Å²) in [7, 11) is 0. The maximum Gasteiger partial charge on any atom is 0.198 e. The lowest BCUT2D eigenvalue weighted by atomic mass is 10.2. The first-order valence-electron chi connectivity index (χ1n) is 4.23. The number of nitrogens with zero attached hydrogens (tertiary/aromatic N) is 2. The van der Waals surface area contributed by atoms with Gasteiger partial charge in [-0.2, -0.15) is 5.26 Å². The summed E-state index contributed by atoms with van der Waals surface area (Å²) in [5.41, 5.74) is 6.67. The molecule has 15 heavy (non-hydrogen) atoms. The molecule has 0 aliphatic heterocycles. The molecule has 0 atom stereocenters. The summed E-state index contributed by atoms with van der Waals surface area (Å²) in [6.07, 6.45) is 0. The summed E-state index contributed by atoms with van der Waals surface area (Å²) in [6, 6.07) is 9.01. The Labute approximate surface area is 93.4 Å². The molecule has 0 radical (unpaired) electrons. The van der Waals surface area contributed by atoms with Gasteiger partial charge in [0.2, 0.25) is 0 Å². The van der Waals surface area contributed by atoms with E-state index < -0.39 is 0 Å². The highest BCUT2D eigenvalue weighted by Gasteiger charge is 1.97. The summed E-state index contributed by atoms with van der Waals surface area (Å²) >= 11 is 4.93. The van der Waals surface area contributed by atoms with Gasteiger partial charge in [0.25, 0.3) is 0 Å². The zero-order chi connectivity index (χ0) is 11.3. The standard InChI is InChI=1S/C10H10N4S/c1-7(12)13-10(15)14-9-4-2-3-8(5-9)6-11/h2-5H,1H3,(H3,12,13,14,15). The van der Waals surface area contributed by atoms with Crippen molar-refractivity contribution in [3.8, 4) is 6.07 Å². The van der Waals surface area contributed by atoms with Crippen LogP contribution in [-0.4, -0.2) is 10.9 Å². The molecule has 4 nitrogen and oxygen atoms in total. The minimum Gasteiger partial charge on any atom is -0.387 e. The molecule has 0 saturated carbocycles. The van der Waals surface area contributed by atoms with Crippen LogP contribution in [0.4, 0.5) is 5.69 Å². The van der Waals surface area contributed by atoms with Gasteiger partial charge in [-0.3, -0.25) is 0 Å². The van der Waals surface area contributed by atoms with Crippen LogP contribution < -0.4 is 11.1 Å². The van der Waals surface area contributed by atoms with E-state index >= 15 is 0 Å². The number of nitrogens with two attached hydrogens (primary N) is 1. The van der Waals surface area contributed by atoms with Crippen molar-refractivity contribution in [3.63, 3.8) is 0 Å². The zero-order valence-corrected chi connectivity index (χ0v) is 9.01. The van der Waals surface area contributed by atoms with Crippen molar-refractivity contribution in [2.24, 2.45) is 10.7 Å². The Kier molecular flexibility index (Phi) is 3.77. The Bertz CT molecular complexity index is 441. The smallest absolute Gasteiger partial charge is 0.198 e. The average molecular weight is 218 g/mol. The van der Waals surface area contributed by atoms with Crippen LogP contribution in [0, 0.1) is 11.3 Å². The molecular weight excluding hydrogens is 208 g/mol. The molecule has 3 N–H and O–H groups in total. The topological polar surface area (TPSA) is 74.2 Å². The highest BCUT2D eigenvalue weighted by molar-refractivity contribution is 7.80. The highest BCUT2D eigenvalue weighted by atomic mass is 32.1. The number of nitriles is 1. The summed E-state index contributed by atoms with van der Waals surface area (Å²) in [6.45, 7) is 1.65. The summed E-state index contributed by atoms with van der Waals surface area (Å²) in [5.74, 6) is 0.393. The summed E-state index contributed by atoms with van der Waals surface area (Å²) in [5, 5.41) is 11.8. The summed E-state index contributed by atoms with van der Waals surface area (Å²) in [4.78, 5) is 3.86. The van der Waals surface area contributed by atoms with E-state index in [4.69, 9.17) is 23.2 Å². The lowest BCUT2D eigenvalue weighted by Gasteiger charge is -2.03. The Morgan fingerprint density at radius 1 is 1.60 bits per heavy atom. The first-order valence-corrected chi connectivity index (χ1v) is 4.64. The highest BCUT2D eigenvalue weighted by Crippen LogP contribution is 2.09. The molecule has 76 valence electrons. The number of rotatable bonds is 1. The van der Waals surface area contributed by atoms with Crippen molar-refractivity contribution >= 4 is 28.9 Å². The van der Waals surface area contributed by atoms with E-state index in [0.717, 1.165) is 5.69 Å². The molecule has 0 fully saturated rings. The van der Waals surface area contributed by atoms with Crippen molar-refractivity contribution in [2.45, 2.75) is 6.92 Å². The van der Waals surface area contributed by atoms with Crippen LogP contribution in [0.5, 0.6) is 0 Å². The normalized spacial score (nSPS) is 10.5. The third-order valence-corrected chi connectivity index (χ3v) is 1.71. The number of amidine groups is 1. The number of aliphatic imine (C=N–C) groups is 1. The largest absolute Gasteiger partial charge is 0.387 e. The van der Waals surface area contributed by atoms with E-state index in [0.29, 0.717) is 11.4 Å². The molecule has 1 rings (SSSR count). The van der Waals surface area contributed by atoms with Gasteiger partial charge in [-0.1, -0.05) is 6.07 Å². The Morgan fingerprint density at radius 3 is 2.93 bits per heavy atom. The van der Waals surface area contributed by atoms with Crippen LogP contribution in [0.15, 0.2) is 29.3 Å². The maximum absolute atomic E-state index is 8.68. The van der Waals surface area contributed by atoms with Crippen molar-refractivity contribution in [1.29, 1.82) is 5.26 Å². The quantitative estimate of drug-likeness (QED) is 0.427. The predicted molar refractivity (Wildman–Crippen MR) is 64.7 cm³/mol. The first-order chi connectivity index (χ1) is 7.11. The third kappa shape index (κ3) is 3.75. The summed E-state index contributed by atoms with van der Waals surface area (Å²) < 4.78 is 0. The molecule has 0 aromatic heterocycles. The number of benzene rings is 1. The van der Waals surface area contributed by atoms with Crippen LogP contribution >= 0.6 is 12.2 Å². The number of hydrogen-bond donors (Lipinski definition) is 2. The van der Waals surface area contributed by atoms with Gasteiger partial charge in [0.05, 0.1) is 17.5 Å². The predicted octanol–water partition coefficient (Wildman–Crippen LogP) is 1.63. The molecule has 0 unspecified atom stereocenters. The lowest BCUT2D eigenvalue weighted by molar-refractivity contribution is 1.47. The monoisotopic (exact) mass is 218 g/mol. The van der Waals surface area contributed by atoms with Crippen molar-refractivity contribution in [2.75, 3.05) is 5.32 Å². The average Bonchev–Trinajstić information content (AvgIpc) is 2.16. The van der Waals surface area contributed by atoms with Gasteiger partial charge in [-0.05, 0) is 37.3 Å². The van der Waals surface area contributed by atoms with Crippen molar-refractivity contribution in [3.05, 3.63) is 29.8 Å². The van der Waals surface area contributed by atoms with E-state index in [9.17, 15) is 0 Å².